The molecule has 1 aromatic rings. The van der Waals surface area contributed by atoms with Crippen LogP contribution in [0.5, 0.6) is 0 Å². The van der Waals surface area contributed by atoms with E-state index in [2.05, 4.69) is 6.58 Å². The van der Waals surface area contributed by atoms with Crippen LogP contribution in [0.15, 0.2) is 35.7 Å². The summed E-state index contributed by atoms with van der Waals surface area (Å²) >= 11 is 0. The van der Waals surface area contributed by atoms with Gasteiger partial charge in [0.1, 0.15) is 0 Å². The van der Waals surface area contributed by atoms with Crippen LogP contribution in [0.1, 0.15) is 5.56 Å². The average molecular weight is 240 g/mol. The molecule has 0 atom stereocenters. The molecule has 0 bridgehead atoms. The Labute approximate surface area is 96.4 Å². The molecule has 0 unspecified atom stereocenters. The van der Waals surface area contributed by atoms with Crippen LogP contribution in [-0.2, 0) is 10.0 Å². The number of sulfonamides is 1. The molecule has 0 aliphatic heterocycles. The molecule has 0 aromatic heterocycles. The summed E-state index contributed by atoms with van der Waals surface area (Å²) in [4.78, 5) is 0.253. The Balaban J connectivity index is 3.17. The monoisotopic (exact) mass is 240 g/mol. The van der Waals surface area contributed by atoms with E-state index in [4.69, 9.17) is 5.73 Å². The van der Waals surface area contributed by atoms with E-state index in [9.17, 15) is 8.42 Å². The van der Waals surface area contributed by atoms with Crippen LogP contribution in [0.4, 0.5) is 5.69 Å². The van der Waals surface area contributed by atoms with Gasteiger partial charge in [0.2, 0.25) is 10.0 Å². The van der Waals surface area contributed by atoms with Gasteiger partial charge in [-0.05, 0) is 30.7 Å². The van der Waals surface area contributed by atoms with E-state index in [1.54, 1.807) is 25.1 Å². The summed E-state index contributed by atoms with van der Waals surface area (Å²) in [6.07, 6.45) is 1.54. The van der Waals surface area contributed by atoms with Gasteiger partial charge >= 0.3 is 0 Å². The molecule has 5 heteroatoms. The first-order valence-corrected chi connectivity index (χ1v) is 6.27. The molecule has 0 spiro atoms. The van der Waals surface area contributed by atoms with Crippen LogP contribution in [0.2, 0.25) is 0 Å². The highest BCUT2D eigenvalue weighted by Crippen LogP contribution is 2.19. The van der Waals surface area contributed by atoms with Gasteiger partial charge in [-0.2, -0.15) is 4.31 Å². The standard InChI is InChI=1S/C11H16N2O2S/c1-4-7-13(3)16(14,15)10-5-6-11(12)9(2)8-10/h4-6,8H,1,7,12H2,2-3H3. The summed E-state index contributed by atoms with van der Waals surface area (Å²) in [5, 5.41) is 0. The van der Waals surface area contributed by atoms with Crippen molar-refractivity contribution in [2.75, 3.05) is 19.3 Å². The topological polar surface area (TPSA) is 63.4 Å². The predicted octanol–water partition coefficient (Wildman–Crippen LogP) is 1.38. The Morgan fingerprint density at radius 1 is 1.50 bits per heavy atom. The van der Waals surface area contributed by atoms with Gasteiger partial charge in [-0.25, -0.2) is 8.42 Å². The van der Waals surface area contributed by atoms with Gasteiger partial charge in [-0.3, -0.25) is 0 Å². The fourth-order valence-electron chi connectivity index (χ4n) is 1.27. The smallest absolute Gasteiger partial charge is 0.243 e. The molecule has 4 nitrogen and oxygen atoms in total. The van der Waals surface area contributed by atoms with Crippen LogP contribution in [-0.4, -0.2) is 26.3 Å². The van der Waals surface area contributed by atoms with Crippen LogP contribution in [0.3, 0.4) is 0 Å². The van der Waals surface area contributed by atoms with Gasteiger partial charge < -0.3 is 5.73 Å². The Kier molecular flexibility index (Phi) is 3.72. The van der Waals surface area contributed by atoms with Gasteiger partial charge in [0, 0.05) is 19.3 Å². The number of nitrogens with two attached hydrogens (primary N) is 1. The number of rotatable bonds is 4. The summed E-state index contributed by atoms with van der Waals surface area (Å²) in [5.74, 6) is 0. The van der Waals surface area contributed by atoms with Crippen molar-refractivity contribution < 1.29 is 8.42 Å². The molecule has 2 N–H and O–H groups in total. The number of aryl methyl sites for hydroxylation is 1. The minimum Gasteiger partial charge on any atom is -0.399 e. The van der Waals surface area contributed by atoms with Crippen molar-refractivity contribution in [1.82, 2.24) is 4.31 Å². The molecule has 0 saturated carbocycles. The normalized spacial score (nSPS) is 11.7. The van der Waals surface area contributed by atoms with E-state index in [1.165, 1.54) is 17.4 Å². The van der Waals surface area contributed by atoms with E-state index in [0.29, 0.717) is 5.69 Å². The zero-order valence-electron chi connectivity index (χ0n) is 9.47. The molecule has 0 aliphatic rings. The highest BCUT2D eigenvalue weighted by Gasteiger charge is 2.19. The van der Waals surface area contributed by atoms with Gasteiger partial charge in [0.05, 0.1) is 4.90 Å². The van der Waals surface area contributed by atoms with E-state index < -0.39 is 10.0 Å². The number of nitrogens with zero attached hydrogens (tertiary/aromatic N) is 1. The van der Waals surface area contributed by atoms with Crippen molar-refractivity contribution in [3.63, 3.8) is 0 Å². The first kappa shape index (κ1) is 12.7. The maximum atomic E-state index is 12.0. The summed E-state index contributed by atoms with van der Waals surface area (Å²) < 4.78 is 25.3. The predicted molar refractivity (Wildman–Crippen MR) is 65.6 cm³/mol. The fraction of sp³-hybridized carbons (Fsp3) is 0.273. The number of benzene rings is 1. The molecule has 1 rings (SSSR count). The van der Waals surface area contributed by atoms with Crippen LogP contribution < -0.4 is 5.73 Å². The van der Waals surface area contributed by atoms with Crippen molar-refractivity contribution >= 4 is 15.7 Å². The molecule has 1 aromatic carbocycles. The second kappa shape index (κ2) is 4.67. The minimum absolute atomic E-state index is 0.253. The molecule has 0 saturated heterocycles. The fourth-order valence-corrected chi connectivity index (χ4v) is 2.50. The highest BCUT2D eigenvalue weighted by atomic mass is 32.2. The highest BCUT2D eigenvalue weighted by molar-refractivity contribution is 7.89. The molecule has 0 aliphatic carbocycles. The Morgan fingerprint density at radius 2 is 2.12 bits per heavy atom. The molecule has 16 heavy (non-hydrogen) atoms. The van der Waals surface area contributed by atoms with Crippen molar-refractivity contribution in [3.8, 4) is 0 Å². The molecule has 0 heterocycles. The zero-order chi connectivity index (χ0) is 12.3. The number of likely N-dealkylation sites (N-methyl/N-ethyl adjacent to an activating group) is 1. The van der Waals surface area contributed by atoms with E-state index in [0.717, 1.165) is 5.56 Å². The lowest BCUT2D eigenvalue weighted by Gasteiger charge is -2.15. The molecule has 88 valence electrons. The maximum absolute atomic E-state index is 12.0. The van der Waals surface area contributed by atoms with Gasteiger partial charge in [0.15, 0.2) is 0 Å². The maximum Gasteiger partial charge on any atom is 0.243 e. The van der Waals surface area contributed by atoms with Crippen LogP contribution >= 0.6 is 0 Å². The Bertz CT molecular complexity index is 495. The first-order valence-electron chi connectivity index (χ1n) is 4.83. The van der Waals surface area contributed by atoms with Crippen LogP contribution in [0, 0.1) is 6.92 Å². The van der Waals surface area contributed by atoms with Crippen molar-refractivity contribution in [3.05, 3.63) is 36.4 Å². The molecule has 0 fully saturated rings. The summed E-state index contributed by atoms with van der Waals surface area (Å²) in [7, 11) is -1.92. The van der Waals surface area contributed by atoms with Gasteiger partial charge in [0.25, 0.3) is 0 Å². The van der Waals surface area contributed by atoms with E-state index in [1.807, 2.05) is 0 Å². The lowest BCUT2D eigenvalue weighted by Crippen LogP contribution is -2.27. The quantitative estimate of drug-likeness (QED) is 0.639. The largest absolute Gasteiger partial charge is 0.399 e. The first-order chi connectivity index (χ1) is 7.39. The minimum atomic E-state index is -3.43. The number of nitrogen functional groups attached to an aromatic ring is 1. The lowest BCUT2D eigenvalue weighted by molar-refractivity contribution is 0.499. The number of anilines is 1. The average Bonchev–Trinajstić information content (AvgIpc) is 2.22. The lowest BCUT2D eigenvalue weighted by atomic mass is 10.2. The summed E-state index contributed by atoms with van der Waals surface area (Å²) in [6, 6.07) is 4.69. The van der Waals surface area contributed by atoms with Crippen molar-refractivity contribution in [1.29, 1.82) is 0 Å². The molecule has 0 radical (unpaired) electrons. The SMILES string of the molecule is C=CCN(C)S(=O)(=O)c1ccc(N)c(C)c1. The second-order valence-electron chi connectivity index (χ2n) is 3.59. The van der Waals surface area contributed by atoms with Crippen LogP contribution in [0.25, 0.3) is 0 Å². The third-order valence-corrected chi connectivity index (χ3v) is 4.16. The zero-order valence-corrected chi connectivity index (χ0v) is 10.3. The number of hydrogen-bond donors (Lipinski definition) is 1. The van der Waals surface area contributed by atoms with Crippen molar-refractivity contribution in [2.45, 2.75) is 11.8 Å². The third-order valence-electron chi connectivity index (χ3n) is 2.34. The number of hydrogen-bond acceptors (Lipinski definition) is 3. The Morgan fingerprint density at radius 3 is 2.62 bits per heavy atom. The van der Waals surface area contributed by atoms with E-state index >= 15 is 0 Å². The molecular weight excluding hydrogens is 224 g/mol. The Hall–Kier alpha value is -1.33. The summed E-state index contributed by atoms with van der Waals surface area (Å²) in [5.41, 5.74) is 6.99. The molecule has 0 amide bonds. The third kappa shape index (κ3) is 2.43. The van der Waals surface area contributed by atoms with E-state index in [-0.39, 0.29) is 11.4 Å². The van der Waals surface area contributed by atoms with Crippen molar-refractivity contribution in [2.24, 2.45) is 0 Å². The van der Waals surface area contributed by atoms with Gasteiger partial charge in [-0.1, -0.05) is 6.08 Å². The second-order valence-corrected chi connectivity index (χ2v) is 5.64. The summed E-state index contributed by atoms with van der Waals surface area (Å²) in [6.45, 7) is 5.58. The molecular formula is C11H16N2O2S. The van der Waals surface area contributed by atoms with Gasteiger partial charge in [-0.15, -0.1) is 6.58 Å².